The molecule has 0 N–H and O–H groups in total. The first-order valence-corrected chi connectivity index (χ1v) is 9.81. The average Bonchev–Trinajstić information content (AvgIpc) is 2.72. The van der Waals surface area contributed by atoms with Crippen molar-refractivity contribution in [2.75, 3.05) is 0 Å². The zero-order chi connectivity index (χ0) is 17.0. The summed E-state index contributed by atoms with van der Waals surface area (Å²) >= 11 is 0. The molecule has 0 bridgehead atoms. The molecular weight excluding hydrogens is 290 g/mol. The molecule has 0 heterocycles. The van der Waals surface area contributed by atoms with Gasteiger partial charge in [-0.3, -0.25) is 14.9 Å². The first-order valence-electron chi connectivity index (χ1n) is 9.81. The Kier molecular flexibility index (Phi) is 10.1. The third-order valence-corrected chi connectivity index (χ3v) is 5.31. The number of carbonyl (C=O) groups is 1. The quantitative estimate of drug-likeness (QED) is 0.196. The van der Waals surface area contributed by atoms with E-state index in [2.05, 4.69) is 6.92 Å². The van der Waals surface area contributed by atoms with Crippen LogP contribution in [0.25, 0.3) is 0 Å². The lowest BCUT2D eigenvalue weighted by Gasteiger charge is -2.22. The molecule has 1 aliphatic rings. The van der Waals surface area contributed by atoms with Gasteiger partial charge in [0.15, 0.2) is 0 Å². The Balaban J connectivity index is 2.19. The molecule has 4 heteroatoms. The fourth-order valence-corrected chi connectivity index (χ4v) is 3.71. The summed E-state index contributed by atoms with van der Waals surface area (Å²) in [7, 11) is 0. The van der Waals surface area contributed by atoms with E-state index in [9.17, 15) is 14.9 Å². The summed E-state index contributed by atoms with van der Waals surface area (Å²) < 4.78 is 0. The molecule has 0 saturated heterocycles. The van der Waals surface area contributed by atoms with Gasteiger partial charge < -0.3 is 0 Å². The Labute approximate surface area is 141 Å². The minimum absolute atomic E-state index is 0.115. The van der Waals surface area contributed by atoms with E-state index in [-0.39, 0.29) is 10.7 Å². The Morgan fingerprint density at radius 3 is 2.04 bits per heavy atom. The smallest absolute Gasteiger partial charge is 0.279 e. The van der Waals surface area contributed by atoms with Gasteiger partial charge in [0.2, 0.25) is 5.78 Å². The standard InChI is InChI=1S/C19H35NO3/c1-2-3-4-5-6-7-8-9-10-13-16-19(20(22)23)17-14-11-12-15-18(19)21/h2-17H2,1H3. The maximum atomic E-state index is 12.2. The molecular formula is C19H35NO3. The van der Waals surface area contributed by atoms with E-state index < -0.39 is 5.54 Å². The summed E-state index contributed by atoms with van der Waals surface area (Å²) in [4.78, 5) is 23.5. The van der Waals surface area contributed by atoms with Crippen LogP contribution in [-0.2, 0) is 4.79 Å². The molecule has 134 valence electrons. The van der Waals surface area contributed by atoms with Gasteiger partial charge in [0.1, 0.15) is 0 Å². The fourth-order valence-electron chi connectivity index (χ4n) is 3.71. The van der Waals surface area contributed by atoms with Crippen molar-refractivity contribution in [3.63, 3.8) is 0 Å². The number of rotatable bonds is 12. The number of nitro groups is 1. The Bertz CT molecular complexity index is 357. The van der Waals surface area contributed by atoms with E-state index in [1.165, 1.54) is 44.9 Å². The second kappa shape index (κ2) is 11.6. The van der Waals surface area contributed by atoms with Crippen LogP contribution < -0.4 is 0 Å². The summed E-state index contributed by atoms with van der Waals surface area (Å²) in [5.41, 5.74) is -1.25. The zero-order valence-electron chi connectivity index (χ0n) is 15.0. The van der Waals surface area contributed by atoms with Gasteiger partial charge in [-0.1, -0.05) is 71.1 Å². The molecule has 1 fully saturated rings. The highest BCUT2D eigenvalue weighted by Gasteiger charge is 2.49. The molecule has 1 rings (SSSR count). The lowest BCUT2D eigenvalue weighted by atomic mass is 9.84. The van der Waals surface area contributed by atoms with Gasteiger partial charge in [0, 0.05) is 24.2 Å². The van der Waals surface area contributed by atoms with E-state index >= 15 is 0 Å². The first kappa shape index (κ1) is 20.1. The topological polar surface area (TPSA) is 60.2 Å². The van der Waals surface area contributed by atoms with Gasteiger partial charge >= 0.3 is 0 Å². The lowest BCUT2D eigenvalue weighted by Crippen LogP contribution is -2.45. The molecule has 23 heavy (non-hydrogen) atoms. The molecule has 0 radical (unpaired) electrons. The summed E-state index contributed by atoms with van der Waals surface area (Å²) in [6.45, 7) is 2.23. The molecule has 0 aliphatic heterocycles. The van der Waals surface area contributed by atoms with Crippen LogP contribution in [0.3, 0.4) is 0 Å². The van der Waals surface area contributed by atoms with Crippen LogP contribution in [-0.4, -0.2) is 16.2 Å². The van der Waals surface area contributed by atoms with Crippen LogP contribution in [0.1, 0.15) is 110 Å². The van der Waals surface area contributed by atoms with E-state index in [1.54, 1.807) is 0 Å². The van der Waals surface area contributed by atoms with Crippen molar-refractivity contribution in [3.05, 3.63) is 10.1 Å². The van der Waals surface area contributed by atoms with Crippen molar-refractivity contribution in [2.45, 2.75) is 115 Å². The van der Waals surface area contributed by atoms with E-state index in [0.29, 0.717) is 19.3 Å². The maximum absolute atomic E-state index is 12.2. The van der Waals surface area contributed by atoms with Gasteiger partial charge in [-0.2, -0.15) is 0 Å². The fraction of sp³-hybridized carbons (Fsp3) is 0.947. The van der Waals surface area contributed by atoms with Crippen LogP contribution in [0, 0.1) is 10.1 Å². The second-order valence-electron chi connectivity index (χ2n) is 7.20. The molecule has 0 aromatic carbocycles. The normalized spacial score (nSPS) is 22.0. The highest BCUT2D eigenvalue weighted by atomic mass is 16.6. The van der Waals surface area contributed by atoms with E-state index in [0.717, 1.165) is 38.5 Å². The molecule has 4 nitrogen and oxygen atoms in total. The molecule has 1 saturated carbocycles. The minimum atomic E-state index is -1.25. The molecule has 0 amide bonds. The van der Waals surface area contributed by atoms with Crippen molar-refractivity contribution in [1.29, 1.82) is 0 Å². The predicted octanol–water partition coefficient (Wildman–Crippen LogP) is 5.85. The van der Waals surface area contributed by atoms with Crippen LogP contribution in [0.5, 0.6) is 0 Å². The number of unbranched alkanes of at least 4 members (excludes halogenated alkanes) is 9. The van der Waals surface area contributed by atoms with Gasteiger partial charge in [-0.05, 0) is 19.3 Å². The first-order chi connectivity index (χ1) is 11.1. The number of ketones is 1. The zero-order valence-corrected chi connectivity index (χ0v) is 15.0. The number of hydrogen-bond donors (Lipinski definition) is 0. The van der Waals surface area contributed by atoms with Gasteiger partial charge in [0.25, 0.3) is 5.54 Å². The molecule has 1 aliphatic carbocycles. The van der Waals surface area contributed by atoms with Gasteiger partial charge in [-0.15, -0.1) is 0 Å². The average molecular weight is 325 g/mol. The van der Waals surface area contributed by atoms with Crippen LogP contribution >= 0.6 is 0 Å². The van der Waals surface area contributed by atoms with Crippen molar-refractivity contribution in [1.82, 2.24) is 0 Å². The molecule has 0 aromatic heterocycles. The second-order valence-corrected chi connectivity index (χ2v) is 7.20. The lowest BCUT2D eigenvalue weighted by molar-refractivity contribution is -0.554. The summed E-state index contributed by atoms with van der Waals surface area (Å²) in [5, 5.41) is 11.5. The van der Waals surface area contributed by atoms with Crippen molar-refractivity contribution in [2.24, 2.45) is 0 Å². The highest BCUT2D eigenvalue weighted by molar-refractivity contribution is 5.87. The SMILES string of the molecule is CCCCCCCCCCCCC1([N+](=O)[O-])CCCCCC1=O. The minimum Gasteiger partial charge on any atom is -0.292 e. The Morgan fingerprint density at radius 1 is 0.913 bits per heavy atom. The maximum Gasteiger partial charge on any atom is 0.279 e. The summed E-state index contributed by atoms with van der Waals surface area (Å²) in [6, 6.07) is 0. The van der Waals surface area contributed by atoms with Crippen LogP contribution in [0.2, 0.25) is 0 Å². The van der Waals surface area contributed by atoms with Crippen LogP contribution in [0.4, 0.5) is 0 Å². The monoisotopic (exact) mass is 325 g/mol. The van der Waals surface area contributed by atoms with Crippen LogP contribution in [0.15, 0.2) is 0 Å². The summed E-state index contributed by atoms with van der Waals surface area (Å²) in [5.74, 6) is -0.115. The highest BCUT2D eigenvalue weighted by Crippen LogP contribution is 2.32. The molecule has 0 aromatic rings. The van der Waals surface area contributed by atoms with Gasteiger partial charge in [0.05, 0.1) is 0 Å². The third-order valence-electron chi connectivity index (χ3n) is 5.31. The number of nitrogens with zero attached hydrogens (tertiary/aromatic N) is 1. The summed E-state index contributed by atoms with van der Waals surface area (Å²) in [6.07, 6.45) is 16.1. The molecule has 0 spiro atoms. The number of carbonyl (C=O) groups excluding carboxylic acids is 1. The van der Waals surface area contributed by atoms with Crippen molar-refractivity contribution >= 4 is 5.78 Å². The largest absolute Gasteiger partial charge is 0.292 e. The molecule has 1 unspecified atom stereocenters. The number of Topliss-reactive ketones (excluding diaryl/α,β-unsaturated/α-hetero) is 1. The Hall–Kier alpha value is -0.930. The van der Waals surface area contributed by atoms with Crippen molar-refractivity contribution < 1.29 is 9.72 Å². The van der Waals surface area contributed by atoms with Gasteiger partial charge in [-0.25, -0.2) is 0 Å². The van der Waals surface area contributed by atoms with E-state index in [1.807, 2.05) is 0 Å². The number of hydrogen-bond acceptors (Lipinski definition) is 3. The Morgan fingerprint density at radius 2 is 1.48 bits per heavy atom. The van der Waals surface area contributed by atoms with Crippen molar-refractivity contribution in [3.8, 4) is 0 Å². The predicted molar refractivity (Wildman–Crippen MR) is 94.3 cm³/mol. The molecule has 1 atom stereocenters. The third kappa shape index (κ3) is 7.01. The van der Waals surface area contributed by atoms with E-state index in [4.69, 9.17) is 0 Å².